The van der Waals surface area contributed by atoms with Crippen molar-refractivity contribution in [2.45, 2.75) is 33.6 Å². The third kappa shape index (κ3) is 3.49. The van der Waals surface area contributed by atoms with Gasteiger partial charge in [-0.1, -0.05) is 35.3 Å². The van der Waals surface area contributed by atoms with Gasteiger partial charge in [0.1, 0.15) is 0 Å². The summed E-state index contributed by atoms with van der Waals surface area (Å²) in [5.41, 5.74) is 5.87. The fraction of sp³-hybridized carbons (Fsp3) is 0.350. The van der Waals surface area contributed by atoms with Crippen LogP contribution in [0.3, 0.4) is 0 Å². The number of amides is 1. The summed E-state index contributed by atoms with van der Waals surface area (Å²) < 4.78 is 0. The molecular weight excluding hydrogens is 355 g/mol. The van der Waals surface area contributed by atoms with Crippen LogP contribution in [-0.4, -0.2) is 19.0 Å². The van der Waals surface area contributed by atoms with E-state index in [4.69, 9.17) is 23.2 Å². The van der Waals surface area contributed by atoms with E-state index in [0.717, 1.165) is 29.9 Å². The molecule has 0 saturated carbocycles. The van der Waals surface area contributed by atoms with Gasteiger partial charge in [0.2, 0.25) is 0 Å². The molecule has 1 fully saturated rings. The highest BCUT2D eigenvalue weighted by molar-refractivity contribution is 6.44. The number of benzene rings is 2. The number of aryl methyl sites for hydroxylation is 2. The first-order valence-corrected chi connectivity index (χ1v) is 9.27. The molecule has 0 atom stereocenters. The van der Waals surface area contributed by atoms with Crippen LogP contribution in [0.15, 0.2) is 24.3 Å². The number of anilines is 2. The molecule has 25 heavy (non-hydrogen) atoms. The van der Waals surface area contributed by atoms with Gasteiger partial charge in [0.25, 0.3) is 5.91 Å². The van der Waals surface area contributed by atoms with Crippen molar-refractivity contribution >= 4 is 40.5 Å². The van der Waals surface area contributed by atoms with Crippen LogP contribution in [0.2, 0.25) is 10.0 Å². The lowest BCUT2D eigenvalue weighted by atomic mass is 10.0. The molecular formula is C20H22Cl2N2O. The quantitative estimate of drug-likeness (QED) is 0.736. The van der Waals surface area contributed by atoms with Crippen LogP contribution in [0.25, 0.3) is 0 Å². The van der Waals surface area contributed by atoms with E-state index in [1.54, 1.807) is 18.2 Å². The van der Waals surface area contributed by atoms with E-state index in [9.17, 15) is 4.79 Å². The van der Waals surface area contributed by atoms with Gasteiger partial charge >= 0.3 is 0 Å². The molecule has 2 aromatic carbocycles. The minimum Gasteiger partial charge on any atom is -0.371 e. The van der Waals surface area contributed by atoms with Crippen LogP contribution in [0, 0.1) is 20.8 Å². The highest BCUT2D eigenvalue weighted by atomic mass is 35.5. The Morgan fingerprint density at radius 2 is 1.76 bits per heavy atom. The Morgan fingerprint density at radius 3 is 2.44 bits per heavy atom. The molecule has 0 aromatic heterocycles. The molecule has 1 N–H and O–H groups in total. The maximum atomic E-state index is 12.7. The molecule has 1 heterocycles. The lowest BCUT2D eigenvalue weighted by Crippen LogP contribution is -2.22. The number of rotatable bonds is 3. The summed E-state index contributed by atoms with van der Waals surface area (Å²) in [4.78, 5) is 15.2. The minimum absolute atomic E-state index is 0.241. The second kappa shape index (κ2) is 7.27. The molecule has 3 rings (SSSR count). The van der Waals surface area contributed by atoms with Crippen LogP contribution in [0.5, 0.6) is 0 Å². The first-order chi connectivity index (χ1) is 11.9. The number of halogens is 2. The van der Waals surface area contributed by atoms with Crippen LogP contribution in [0.4, 0.5) is 11.4 Å². The molecule has 2 aromatic rings. The summed E-state index contributed by atoms with van der Waals surface area (Å²) in [6.07, 6.45) is 2.43. The van der Waals surface area contributed by atoms with Gasteiger partial charge in [-0.2, -0.15) is 0 Å². The van der Waals surface area contributed by atoms with Crippen molar-refractivity contribution in [3.63, 3.8) is 0 Å². The Kier molecular flexibility index (Phi) is 5.26. The summed E-state index contributed by atoms with van der Waals surface area (Å²) in [5, 5.41) is 3.71. The standard InChI is InChI=1S/C20H22Cl2N2O/c1-12-11-13(2)19(24-9-4-5-10-24)14(3)18(12)23-20(25)15-7-6-8-16(21)17(15)22/h6-8,11H,4-5,9-10H2,1-3H3,(H,23,25). The summed E-state index contributed by atoms with van der Waals surface area (Å²) >= 11 is 12.2. The van der Waals surface area contributed by atoms with E-state index in [-0.39, 0.29) is 10.9 Å². The van der Waals surface area contributed by atoms with Crippen molar-refractivity contribution < 1.29 is 4.79 Å². The van der Waals surface area contributed by atoms with Crippen molar-refractivity contribution in [3.8, 4) is 0 Å². The van der Waals surface area contributed by atoms with Gasteiger partial charge in [0.05, 0.1) is 15.6 Å². The minimum atomic E-state index is -0.241. The van der Waals surface area contributed by atoms with E-state index < -0.39 is 0 Å². The van der Waals surface area contributed by atoms with Crippen molar-refractivity contribution in [2.75, 3.05) is 23.3 Å². The highest BCUT2D eigenvalue weighted by Crippen LogP contribution is 2.36. The normalized spacial score (nSPS) is 14.0. The smallest absolute Gasteiger partial charge is 0.257 e. The second-order valence-corrected chi connectivity index (χ2v) is 7.39. The topological polar surface area (TPSA) is 32.3 Å². The SMILES string of the molecule is Cc1cc(C)c(N2CCCC2)c(C)c1NC(=O)c1cccc(Cl)c1Cl. The van der Waals surface area contributed by atoms with E-state index >= 15 is 0 Å². The monoisotopic (exact) mass is 376 g/mol. The van der Waals surface area contributed by atoms with Gasteiger partial charge in [-0.05, 0) is 62.4 Å². The first-order valence-electron chi connectivity index (χ1n) is 8.51. The Bertz CT molecular complexity index is 827. The Labute approximate surface area is 158 Å². The Balaban J connectivity index is 1.98. The maximum Gasteiger partial charge on any atom is 0.257 e. The molecule has 1 aliphatic rings. The number of nitrogens with zero attached hydrogens (tertiary/aromatic N) is 1. The fourth-order valence-corrected chi connectivity index (χ4v) is 4.04. The lowest BCUT2D eigenvalue weighted by Gasteiger charge is -2.26. The number of carbonyl (C=O) groups is 1. The highest BCUT2D eigenvalue weighted by Gasteiger charge is 2.21. The van der Waals surface area contributed by atoms with Crippen molar-refractivity contribution in [2.24, 2.45) is 0 Å². The number of nitrogens with one attached hydrogen (secondary N) is 1. The summed E-state index contributed by atoms with van der Waals surface area (Å²) in [6, 6.07) is 7.22. The summed E-state index contributed by atoms with van der Waals surface area (Å²) in [6.45, 7) is 8.36. The largest absolute Gasteiger partial charge is 0.371 e. The van der Waals surface area contributed by atoms with Gasteiger partial charge in [-0.3, -0.25) is 4.79 Å². The molecule has 0 radical (unpaired) electrons. The van der Waals surface area contributed by atoms with Gasteiger partial charge < -0.3 is 10.2 Å². The van der Waals surface area contributed by atoms with Crippen LogP contribution in [0.1, 0.15) is 39.9 Å². The van der Waals surface area contributed by atoms with Crippen LogP contribution in [-0.2, 0) is 0 Å². The molecule has 0 spiro atoms. The number of hydrogen-bond acceptors (Lipinski definition) is 2. The Hall–Kier alpha value is -1.71. The van der Waals surface area contributed by atoms with Gasteiger partial charge in [0.15, 0.2) is 0 Å². The molecule has 1 saturated heterocycles. The molecule has 1 aliphatic heterocycles. The van der Waals surface area contributed by atoms with Gasteiger partial charge in [-0.15, -0.1) is 0 Å². The van der Waals surface area contributed by atoms with Gasteiger partial charge in [-0.25, -0.2) is 0 Å². The average Bonchev–Trinajstić information content (AvgIpc) is 3.07. The van der Waals surface area contributed by atoms with E-state index in [0.29, 0.717) is 10.6 Å². The summed E-state index contributed by atoms with van der Waals surface area (Å²) in [7, 11) is 0. The predicted octanol–water partition coefficient (Wildman–Crippen LogP) is 5.77. The maximum absolute atomic E-state index is 12.7. The van der Waals surface area contributed by atoms with Crippen LogP contribution >= 0.6 is 23.2 Å². The first kappa shape index (κ1) is 18.1. The zero-order valence-corrected chi connectivity index (χ0v) is 16.3. The molecule has 5 heteroatoms. The predicted molar refractivity (Wildman–Crippen MR) is 107 cm³/mol. The van der Waals surface area contributed by atoms with E-state index in [1.807, 2.05) is 6.92 Å². The zero-order chi connectivity index (χ0) is 18.1. The second-order valence-electron chi connectivity index (χ2n) is 6.61. The molecule has 132 valence electrons. The zero-order valence-electron chi connectivity index (χ0n) is 14.7. The number of hydrogen-bond donors (Lipinski definition) is 1. The number of carbonyl (C=O) groups excluding carboxylic acids is 1. The third-order valence-corrected chi connectivity index (χ3v) is 5.61. The molecule has 1 amide bonds. The third-order valence-electron chi connectivity index (χ3n) is 4.79. The van der Waals surface area contributed by atoms with E-state index in [2.05, 4.69) is 30.1 Å². The van der Waals surface area contributed by atoms with E-state index in [1.165, 1.54) is 24.1 Å². The Morgan fingerprint density at radius 1 is 1.08 bits per heavy atom. The van der Waals surface area contributed by atoms with Crippen LogP contribution < -0.4 is 10.2 Å². The van der Waals surface area contributed by atoms with Gasteiger partial charge in [0, 0.05) is 24.5 Å². The average molecular weight is 377 g/mol. The van der Waals surface area contributed by atoms with Crippen molar-refractivity contribution in [3.05, 3.63) is 56.6 Å². The fourth-order valence-electron chi connectivity index (χ4n) is 3.65. The van der Waals surface area contributed by atoms with Crippen molar-refractivity contribution in [1.29, 1.82) is 0 Å². The summed E-state index contributed by atoms with van der Waals surface area (Å²) in [5.74, 6) is -0.241. The molecule has 3 nitrogen and oxygen atoms in total. The van der Waals surface area contributed by atoms with Crippen molar-refractivity contribution in [1.82, 2.24) is 0 Å². The molecule has 0 unspecified atom stereocenters. The molecule has 0 bridgehead atoms. The molecule has 0 aliphatic carbocycles. The lowest BCUT2D eigenvalue weighted by molar-refractivity contribution is 0.102.